The lowest BCUT2D eigenvalue weighted by molar-refractivity contribution is -0.123. The molecule has 2 rings (SSSR count). The molecule has 2 unspecified atom stereocenters. The van der Waals surface area contributed by atoms with Crippen LogP contribution in [0, 0.1) is 11.8 Å². The molecule has 1 heteroatoms. The summed E-state index contributed by atoms with van der Waals surface area (Å²) in [6.45, 7) is 4.25. The zero-order valence-corrected chi connectivity index (χ0v) is 9.72. The van der Waals surface area contributed by atoms with Crippen LogP contribution in [0.3, 0.4) is 0 Å². The Labute approximate surface area is 88.3 Å². The summed E-state index contributed by atoms with van der Waals surface area (Å²) in [6, 6.07) is 0. The minimum atomic E-state index is 0.521. The van der Waals surface area contributed by atoms with Gasteiger partial charge in [-0.2, -0.15) is 0 Å². The maximum Gasteiger partial charge on any atom is 0.133 e. The highest BCUT2D eigenvalue weighted by atomic mass is 16.1. The van der Waals surface area contributed by atoms with Crippen molar-refractivity contribution in [2.45, 2.75) is 65.2 Å². The number of hydrogen-bond donors (Lipinski definition) is 0. The standard InChI is InChI=1S/C10H16O.C3H8/c11-10-6-5-8-3-1-2-4-9(8)7-10;1-3-2/h8-9H,1-7H2;3H2,1-2H3. The van der Waals surface area contributed by atoms with Crippen molar-refractivity contribution in [1.82, 2.24) is 0 Å². The van der Waals surface area contributed by atoms with E-state index in [0.717, 1.165) is 24.7 Å². The molecule has 0 spiro atoms. The highest BCUT2D eigenvalue weighted by molar-refractivity contribution is 5.79. The molecule has 0 amide bonds. The Bertz CT molecular complexity index is 174. The summed E-state index contributed by atoms with van der Waals surface area (Å²) < 4.78 is 0. The molecule has 82 valence electrons. The lowest BCUT2D eigenvalue weighted by atomic mass is 9.71. The summed E-state index contributed by atoms with van der Waals surface area (Å²) in [4.78, 5) is 11.1. The number of carbonyl (C=O) groups excluding carboxylic acids is 1. The number of carbonyl (C=O) groups is 1. The third-order valence-corrected chi connectivity index (χ3v) is 3.35. The highest BCUT2D eigenvalue weighted by Crippen LogP contribution is 2.38. The van der Waals surface area contributed by atoms with Crippen molar-refractivity contribution < 1.29 is 4.79 Å². The quantitative estimate of drug-likeness (QED) is 0.573. The fraction of sp³-hybridized carbons (Fsp3) is 0.923. The first kappa shape index (κ1) is 11.7. The Hall–Kier alpha value is -0.330. The van der Waals surface area contributed by atoms with Crippen molar-refractivity contribution in [2.24, 2.45) is 11.8 Å². The van der Waals surface area contributed by atoms with Crippen molar-refractivity contribution in [3.8, 4) is 0 Å². The third-order valence-electron chi connectivity index (χ3n) is 3.35. The van der Waals surface area contributed by atoms with Gasteiger partial charge in [-0.1, -0.05) is 39.5 Å². The van der Waals surface area contributed by atoms with Gasteiger partial charge < -0.3 is 0 Å². The zero-order chi connectivity index (χ0) is 10.4. The molecular formula is C13H24O. The van der Waals surface area contributed by atoms with Gasteiger partial charge in [0.2, 0.25) is 0 Å². The maximum atomic E-state index is 11.1. The Balaban J connectivity index is 0.000000293. The van der Waals surface area contributed by atoms with Crippen molar-refractivity contribution >= 4 is 5.78 Å². The van der Waals surface area contributed by atoms with Crippen LogP contribution < -0.4 is 0 Å². The average molecular weight is 196 g/mol. The van der Waals surface area contributed by atoms with E-state index in [1.165, 1.54) is 38.5 Å². The molecule has 1 nitrogen and oxygen atoms in total. The summed E-state index contributed by atoms with van der Waals surface area (Å²) in [5, 5.41) is 0. The first-order chi connectivity index (χ1) is 6.77. The van der Waals surface area contributed by atoms with Crippen LogP contribution in [-0.2, 0) is 4.79 Å². The van der Waals surface area contributed by atoms with Crippen LogP contribution in [0.2, 0.25) is 0 Å². The molecule has 0 bridgehead atoms. The van der Waals surface area contributed by atoms with Gasteiger partial charge in [-0.25, -0.2) is 0 Å². The van der Waals surface area contributed by atoms with Gasteiger partial charge in [-0.15, -0.1) is 0 Å². The molecule has 0 N–H and O–H groups in total. The molecule has 0 heterocycles. The summed E-state index contributed by atoms with van der Waals surface area (Å²) in [7, 11) is 0. The van der Waals surface area contributed by atoms with Crippen molar-refractivity contribution in [3.63, 3.8) is 0 Å². The summed E-state index contributed by atoms with van der Waals surface area (Å²) in [6.07, 6.45) is 9.74. The minimum absolute atomic E-state index is 0.521. The Morgan fingerprint density at radius 3 is 2.29 bits per heavy atom. The first-order valence-corrected chi connectivity index (χ1v) is 6.29. The second-order valence-electron chi connectivity index (χ2n) is 4.79. The third kappa shape index (κ3) is 3.43. The SMILES string of the molecule is CCC.O=C1CCC2CCCCC2C1. The molecule has 0 aliphatic heterocycles. The molecule has 2 aliphatic rings. The van der Waals surface area contributed by atoms with E-state index >= 15 is 0 Å². The maximum absolute atomic E-state index is 11.1. The molecule has 2 fully saturated rings. The molecule has 14 heavy (non-hydrogen) atoms. The van der Waals surface area contributed by atoms with Crippen LogP contribution in [0.1, 0.15) is 65.2 Å². The molecule has 2 atom stereocenters. The van der Waals surface area contributed by atoms with Gasteiger partial charge in [0.25, 0.3) is 0 Å². The van der Waals surface area contributed by atoms with E-state index in [2.05, 4.69) is 13.8 Å². The Kier molecular flexibility index (Phi) is 5.21. The summed E-state index contributed by atoms with van der Waals surface area (Å²) >= 11 is 0. The molecule has 0 aromatic rings. The number of Topliss-reactive ketones (excluding diaryl/α,β-unsaturated/α-hetero) is 1. The lowest BCUT2D eigenvalue weighted by Crippen LogP contribution is -2.27. The van der Waals surface area contributed by atoms with E-state index < -0.39 is 0 Å². The molecule has 2 aliphatic carbocycles. The van der Waals surface area contributed by atoms with E-state index in [-0.39, 0.29) is 0 Å². The van der Waals surface area contributed by atoms with E-state index in [9.17, 15) is 4.79 Å². The molecule has 2 saturated carbocycles. The second kappa shape index (κ2) is 6.21. The summed E-state index contributed by atoms with van der Waals surface area (Å²) in [5.74, 6) is 2.22. The fourth-order valence-electron chi connectivity index (χ4n) is 2.67. The van der Waals surface area contributed by atoms with Gasteiger partial charge >= 0.3 is 0 Å². The molecule has 0 aromatic carbocycles. The van der Waals surface area contributed by atoms with Gasteiger partial charge in [0, 0.05) is 12.8 Å². The smallest absolute Gasteiger partial charge is 0.133 e. The van der Waals surface area contributed by atoms with Gasteiger partial charge in [-0.05, 0) is 24.7 Å². The summed E-state index contributed by atoms with van der Waals surface area (Å²) in [5.41, 5.74) is 0. The van der Waals surface area contributed by atoms with Gasteiger partial charge in [0.1, 0.15) is 5.78 Å². The fourth-order valence-corrected chi connectivity index (χ4v) is 2.67. The van der Waals surface area contributed by atoms with Crippen molar-refractivity contribution in [1.29, 1.82) is 0 Å². The Morgan fingerprint density at radius 1 is 1.07 bits per heavy atom. The zero-order valence-electron chi connectivity index (χ0n) is 9.72. The number of fused-ring (bicyclic) bond motifs is 1. The van der Waals surface area contributed by atoms with Gasteiger partial charge in [0.05, 0.1) is 0 Å². The van der Waals surface area contributed by atoms with E-state index in [0.29, 0.717) is 5.78 Å². The lowest BCUT2D eigenvalue weighted by Gasteiger charge is -2.34. The van der Waals surface area contributed by atoms with Crippen molar-refractivity contribution in [3.05, 3.63) is 0 Å². The average Bonchev–Trinajstić information content (AvgIpc) is 2.19. The van der Waals surface area contributed by atoms with Crippen molar-refractivity contribution in [2.75, 3.05) is 0 Å². The molecular weight excluding hydrogens is 172 g/mol. The number of hydrogen-bond acceptors (Lipinski definition) is 1. The number of rotatable bonds is 0. The first-order valence-electron chi connectivity index (χ1n) is 6.29. The predicted octanol–water partition coefficient (Wildman–Crippen LogP) is 3.96. The highest BCUT2D eigenvalue weighted by Gasteiger charge is 2.30. The largest absolute Gasteiger partial charge is 0.300 e. The van der Waals surface area contributed by atoms with Crippen LogP contribution in [-0.4, -0.2) is 5.78 Å². The van der Waals surface area contributed by atoms with E-state index in [1.807, 2.05) is 0 Å². The van der Waals surface area contributed by atoms with E-state index in [4.69, 9.17) is 0 Å². The van der Waals surface area contributed by atoms with Crippen LogP contribution in [0.15, 0.2) is 0 Å². The minimum Gasteiger partial charge on any atom is -0.300 e. The normalized spacial score (nSPS) is 31.4. The molecule has 0 saturated heterocycles. The van der Waals surface area contributed by atoms with Gasteiger partial charge in [0.15, 0.2) is 0 Å². The molecule has 0 aromatic heterocycles. The molecule has 0 radical (unpaired) electrons. The van der Waals surface area contributed by atoms with Crippen LogP contribution in [0.25, 0.3) is 0 Å². The monoisotopic (exact) mass is 196 g/mol. The van der Waals surface area contributed by atoms with E-state index in [1.54, 1.807) is 0 Å². The topological polar surface area (TPSA) is 17.1 Å². The number of ketones is 1. The second-order valence-corrected chi connectivity index (χ2v) is 4.79. The predicted molar refractivity (Wildman–Crippen MR) is 60.3 cm³/mol. The van der Waals surface area contributed by atoms with Gasteiger partial charge in [-0.3, -0.25) is 4.79 Å². The Morgan fingerprint density at radius 2 is 1.64 bits per heavy atom. The van der Waals surface area contributed by atoms with Crippen LogP contribution >= 0.6 is 0 Å². The van der Waals surface area contributed by atoms with Crippen LogP contribution in [0.5, 0.6) is 0 Å². The van der Waals surface area contributed by atoms with Crippen LogP contribution in [0.4, 0.5) is 0 Å².